The Hall–Kier alpha value is -1.89. The number of ether oxygens (including phenoxy) is 1. The average molecular weight is 295 g/mol. The molecule has 2 aromatic heterocycles. The number of hydrogen-bond acceptors (Lipinski definition) is 5. The summed E-state index contributed by atoms with van der Waals surface area (Å²) in [6.45, 7) is -0.673. The van der Waals surface area contributed by atoms with Gasteiger partial charge in [0.2, 0.25) is 11.7 Å². The Balaban J connectivity index is 1.67. The van der Waals surface area contributed by atoms with Gasteiger partial charge in [-0.15, -0.1) is 0 Å². The van der Waals surface area contributed by atoms with Crippen LogP contribution in [0.4, 0.5) is 8.78 Å². The molecule has 1 fully saturated rings. The van der Waals surface area contributed by atoms with Crippen molar-refractivity contribution in [3.8, 4) is 11.5 Å². The molecule has 21 heavy (non-hydrogen) atoms. The molecule has 1 aliphatic rings. The van der Waals surface area contributed by atoms with Crippen molar-refractivity contribution in [2.75, 3.05) is 0 Å². The lowest BCUT2D eigenvalue weighted by atomic mass is 9.82. The van der Waals surface area contributed by atoms with E-state index in [0.717, 1.165) is 12.0 Å². The van der Waals surface area contributed by atoms with Crippen molar-refractivity contribution in [1.82, 2.24) is 15.1 Å². The zero-order valence-electron chi connectivity index (χ0n) is 11.5. The fourth-order valence-corrected chi connectivity index (χ4v) is 2.35. The number of aromatic nitrogens is 3. The van der Waals surface area contributed by atoms with Crippen LogP contribution in [0, 0.1) is 0 Å². The maximum atomic E-state index is 12.1. The summed E-state index contributed by atoms with van der Waals surface area (Å²) in [6, 6.07) is 3.85. The first-order valence-corrected chi connectivity index (χ1v) is 6.88. The fraction of sp³-hybridized carbons (Fsp3) is 0.500. The lowest BCUT2D eigenvalue weighted by Crippen LogP contribution is -2.31. The topological polar surface area (TPSA) is 61.0 Å². The van der Waals surface area contributed by atoms with Crippen molar-refractivity contribution in [1.29, 1.82) is 0 Å². The fourth-order valence-electron chi connectivity index (χ4n) is 2.35. The summed E-state index contributed by atoms with van der Waals surface area (Å²) in [4.78, 5) is 8.53. The van der Waals surface area contributed by atoms with Gasteiger partial charge in [-0.2, -0.15) is 13.8 Å². The van der Waals surface area contributed by atoms with E-state index in [-0.39, 0.29) is 5.92 Å². The number of alkyl halides is 2. The zero-order chi connectivity index (χ0) is 14.8. The van der Waals surface area contributed by atoms with Crippen LogP contribution in [-0.4, -0.2) is 27.8 Å². The molecule has 0 radical (unpaired) electrons. The molecule has 7 heteroatoms. The van der Waals surface area contributed by atoms with Gasteiger partial charge in [0.1, 0.15) is 5.69 Å². The lowest BCUT2D eigenvalue weighted by molar-refractivity contribution is -0.185. The molecular weight excluding hydrogens is 280 g/mol. The van der Waals surface area contributed by atoms with Crippen LogP contribution in [0.2, 0.25) is 0 Å². The molecule has 5 nitrogen and oxygen atoms in total. The first-order chi connectivity index (χ1) is 10.2. The average Bonchev–Trinajstić information content (AvgIpc) is 2.91. The maximum absolute atomic E-state index is 12.1. The van der Waals surface area contributed by atoms with E-state index in [0.29, 0.717) is 30.3 Å². The van der Waals surface area contributed by atoms with Crippen molar-refractivity contribution >= 4 is 0 Å². The third-order valence-corrected chi connectivity index (χ3v) is 3.64. The van der Waals surface area contributed by atoms with Crippen LogP contribution in [0.15, 0.2) is 22.9 Å². The number of halogens is 2. The Morgan fingerprint density at radius 2 is 2.24 bits per heavy atom. The number of pyridine rings is 1. The second-order valence-electron chi connectivity index (χ2n) is 5.05. The van der Waals surface area contributed by atoms with Gasteiger partial charge in [0.05, 0.1) is 6.10 Å². The van der Waals surface area contributed by atoms with Crippen molar-refractivity contribution in [2.24, 2.45) is 0 Å². The first kappa shape index (κ1) is 14.1. The predicted octanol–water partition coefficient (Wildman–Crippen LogP) is 3.18. The molecule has 3 rings (SSSR count). The molecule has 0 aliphatic heterocycles. The van der Waals surface area contributed by atoms with E-state index in [9.17, 15) is 8.78 Å². The van der Waals surface area contributed by atoms with Gasteiger partial charge >= 0.3 is 6.61 Å². The second kappa shape index (κ2) is 5.85. The molecule has 0 bridgehead atoms. The van der Waals surface area contributed by atoms with E-state index in [1.165, 1.54) is 0 Å². The third-order valence-electron chi connectivity index (χ3n) is 3.64. The van der Waals surface area contributed by atoms with E-state index < -0.39 is 12.7 Å². The summed E-state index contributed by atoms with van der Waals surface area (Å²) < 4.78 is 33.7. The monoisotopic (exact) mass is 295 g/mol. The molecule has 0 aromatic carbocycles. The Bertz CT molecular complexity index is 612. The van der Waals surface area contributed by atoms with Gasteiger partial charge in [-0.25, -0.2) is 0 Å². The standard InChI is InChI=1S/C14H15F2N3O2/c1-2-8-3-4-17-11(5-8)12-18-13(21-19-12)9-6-10(7-9)20-14(15)16/h3-5,9-10,14H,2,6-7H2,1H3. The molecule has 0 atom stereocenters. The molecule has 0 spiro atoms. The molecular formula is C14H15F2N3O2. The molecule has 2 aromatic rings. The van der Waals surface area contributed by atoms with E-state index in [2.05, 4.69) is 26.8 Å². The van der Waals surface area contributed by atoms with Crippen molar-refractivity contribution in [3.63, 3.8) is 0 Å². The van der Waals surface area contributed by atoms with Gasteiger partial charge in [0, 0.05) is 12.1 Å². The van der Waals surface area contributed by atoms with Gasteiger partial charge in [-0.3, -0.25) is 4.98 Å². The van der Waals surface area contributed by atoms with Gasteiger partial charge < -0.3 is 9.26 Å². The maximum Gasteiger partial charge on any atom is 0.345 e. The summed E-state index contributed by atoms with van der Waals surface area (Å²) in [5.74, 6) is 0.880. The smallest absolute Gasteiger partial charge is 0.339 e. The van der Waals surface area contributed by atoms with Gasteiger partial charge in [0.25, 0.3) is 0 Å². The largest absolute Gasteiger partial charge is 0.345 e. The highest BCUT2D eigenvalue weighted by atomic mass is 19.3. The van der Waals surface area contributed by atoms with E-state index in [1.54, 1.807) is 6.20 Å². The first-order valence-electron chi connectivity index (χ1n) is 6.88. The highest BCUT2D eigenvalue weighted by Gasteiger charge is 2.36. The minimum atomic E-state index is -2.73. The number of nitrogens with zero attached hydrogens (tertiary/aromatic N) is 3. The van der Waals surface area contributed by atoms with Crippen LogP contribution >= 0.6 is 0 Å². The van der Waals surface area contributed by atoms with Crippen molar-refractivity contribution in [2.45, 2.75) is 44.8 Å². The minimum absolute atomic E-state index is 0.00985. The van der Waals surface area contributed by atoms with Gasteiger partial charge in [0.15, 0.2) is 0 Å². The highest BCUT2D eigenvalue weighted by Crippen LogP contribution is 2.39. The lowest BCUT2D eigenvalue weighted by Gasteiger charge is -2.31. The molecule has 0 amide bonds. The molecule has 0 unspecified atom stereocenters. The molecule has 0 N–H and O–H groups in total. The van der Waals surface area contributed by atoms with Crippen LogP contribution in [0.3, 0.4) is 0 Å². The van der Waals surface area contributed by atoms with E-state index in [1.807, 2.05) is 12.1 Å². The Kier molecular flexibility index (Phi) is 3.92. The van der Waals surface area contributed by atoms with Crippen LogP contribution in [-0.2, 0) is 11.2 Å². The zero-order valence-corrected chi connectivity index (χ0v) is 11.5. The van der Waals surface area contributed by atoms with Crippen LogP contribution in [0.5, 0.6) is 0 Å². The molecule has 112 valence electrons. The Morgan fingerprint density at radius 1 is 1.43 bits per heavy atom. The molecule has 1 saturated carbocycles. The molecule has 2 heterocycles. The molecule has 0 saturated heterocycles. The van der Waals surface area contributed by atoms with Gasteiger partial charge in [-0.05, 0) is 37.0 Å². The van der Waals surface area contributed by atoms with E-state index in [4.69, 9.17) is 4.52 Å². The second-order valence-corrected chi connectivity index (χ2v) is 5.05. The molecule has 1 aliphatic carbocycles. The van der Waals surface area contributed by atoms with Crippen LogP contribution in [0.1, 0.15) is 37.1 Å². The quantitative estimate of drug-likeness (QED) is 0.847. The van der Waals surface area contributed by atoms with Crippen molar-refractivity contribution < 1.29 is 18.0 Å². The number of rotatable bonds is 5. The highest BCUT2D eigenvalue weighted by molar-refractivity contribution is 5.49. The normalized spacial score (nSPS) is 21.5. The predicted molar refractivity (Wildman–Crippen MR) is 69.8 cm³/mol. The third kappa shape index (κ3) is 3.07. The van der Waals surface area contributed by atoms with Crippen LogP contribution < -0.4 is 0 Å². The number of hydrogen-bond donors (Lipinski definition) is 0. The van der Waals surface area contributed by atoms with Crippen molar-refractivity contribution in [3.05, 3.63) is 29.8 Å². The van der Waals surface area contributed by atoms with E-state index >= 15 is 0 Å². The summed E-state index contributed by atoms with van der Waals surface area (Å²) in [6.07, 6.45) is 3.14. The van der Waals surface area contributed by atoms with Gasteiger partial charge in [-0.1, -0.05) is 12.1 Å². The van der Waals surface area contributed by atoms with Crippen LogP contribution in [0.25, 0.3) is 11.5 Å². The Labute approximate surface area is 120 Å². The summed E-state index contributed by atoms with van der Waals surface area (Å²) in [5, 5.41) is 3.91. The Morgan fingerprint density at radius 3 is 2.95 bits per heavy atom. The summed E-state index contributed by atoms with van der Waals surface area (Å²) in [5.41, 5.74) is 1.80. The SMILES string of the molecule is CCc1ccnc(-c2noc(C3CC(OC(F)F)C3)n2)c1. The minimum Gasteiger partial charge on any atom is -0.339 e. The summed E-state index contributed by atoms with van der Waals surface area (Å²) in [7, 11) is 0. The summed E-state index contributed by atoms with van der Waals surface area (Å²) >= 11 is 0. The number of aryl methyl sites for hydroxylation is 1.